The van der Waals surface area contributed by atoms with E-state index in [0.29, 0.717) is 11.1 Å². The summed E-state index contributed by atoms with van der Waals surface area (Å²) in [4.78, 5) is 24.2. The summed E-state index contributed by atoms with van der Waals surface area (Å²) in [6.45, 7) is 0. The van der Waals surface area contributed by atoms with Crippen LogP contribution in [-0.2, 0) is 4.79 Å². The van der Waals surface area contributed by atoms with E-state index < -0.39 is 23.9 Å². The van der Waals surface area contributed by atoms with Crippen LogP contribution in [0.3, 0.4) is 0 Å². The van der Waals surface area contributed by atoms with Gasteiger partial charge in [0.25, 0.3) is 11.8 Å². The van der Waals surface area contributed by atoms with Crippen molar-refractivity contribution in [2.75, 3.05) is 0 Å². The van der Waals surface area contributed by atoms with Crippen molar-refractivity contribution in [1.29, 1.82) is 0 Å². The number of hydroxylamine groups is 2. The van der Waals surface area contributed by atoms with Crippen molar-refractivity contribution in [3.8, 4) is 0 Å². The van der Waals surface area contributed by atoms with Gasteiger partial charge >= 0.3 is 0 Å². The molecule has 0 aliphatic heterocycles. The summed E-state index contributed by atoms with van der Waals surface area (Å²) < 4.78 is 0. The predicted molar refractivity (Wildman–Crippen MR) is 81.7 cm³/mol. The molecule has 2 atom stereocenters. The van der Waals surface area contributed by atoms with Crippen LogP contribution in [0.1, 0.15) is 22.0 Å². The van der Waals surface area contributed by atoms with Crippen molar-refractivity contribution in [3.63, 3.8) is 0 Å². The summed E-state index contributed by atoms with van der Waals surface area (Å²) in [6.07, 6.45) is 0. The van der Waals surface area contributed by atoms with Crippen LogP contribution < -0.4 is 16.3 Å². The minimum absolute atomic E-state index is 0.355. The smallest absolute Gasteiger partial charge is 0.267 e. The van der Waals surface area contributed by atoms with Gasteiger partial charge < -0.3 is 10.5 Å². The molecule has 0 saturated carbocycles. The van der Waals surface area contributed by atoms with Gasteiger partial charge in [0.15, 0.2) is 0 Å². The average Bonchev–Trinajstić information content (AvgIpc) is 2.62. The molecule has 0 aliphatic carbocycles. The van der Waals surface area contributed by atoms with Crippen LogP contribution in [0.2, 0.25) is 0 Å². The molecule has 23 heavy (non-hydrogen) atoms. The Morgan fingerprint density at radius 1 is 0.870 bits per heavy atom. The average molecular weight is 315 g/mol. The van der Waals surface area contributed by atoms with Crippen molar-refractivity contribution in [1.82, 2.24) is 16.3 Å². The molecule has 2 aromatic rings. The van der Waals surface area contributed by atoms with Gasteiger partial charge in [0.05, 0.1) is 6.04 Å². The van der Waals surface area contributed by atoms with E-state index in [4.69, 9.17) is 5.21 Å². The second-order valence-corrected chi connectivity index (χ2v) is 4.81. The Morgan fingerprint density at radius 2 is 1.43 bits per heavy atom. The lowest BCUT2D eigenvalue weighted by Crippen LogP contribution is -2.52. The van der Waals surface area contributed by atoms with Gasteiger partial charge in [0.1, 0.15) is 6.04 Å². The highest BCUT2D eigenvalue weighted by molar-refractivity contribution is 5.97. The van der Waals surface area contributed by atoms with E-state index in [0.717, 1.165) is 0 Å². The van der Waals surface area contributed by atoms with Crippen molar-refractivity contribution >= 4 is 11.8 Å². The molecule has 7 heteroatoms. The van der Waals surface area contributed by atoms with E-state index >= 15 is 0 Å². The molecule has 2 rings (SSSR count). The third-order valence-corrected chi connectivity index (χ3v) is 3.35. The van der Waals surface area contributed by atoms with Crippen LogP contribution in [0.4, 0.5) is 0 Å². The molecule has 2 unspecified atom stereocenters. The minimum atomic E-state index is -1.22. The standard InChI is InChI=1S/C16H17N3O4/c20-15(12-9-5-2-6-10-12)17-14(16(21)19-23)13(18-22)11-7-3-1-4-8-11/h1-10,13-14,18,22-23H,(H,17,20)(H,19,21). The molecule has 5 N–H and O–H groups in total. The molecule has 7 nitrogen and oxygen atoms in total. The van der Waals surface area contributed by atoms with E-state index in [1.54, 1.807) is 60.7 Å². The zero-order chi connectivity index (χ0) is 16.7. The van der Waals surface area contributed by atoms with E-state index in [2.05, 4.69) is 5.32 Å². The normalized spacial score (nSPS) is 13.0. The zero-order valence-corrected chi connectivity index (χ0v) is 12.1. The quantitative estimate of drug-likeness (QED) is 0.404. The predicted octanol–water partition coefficient (Wildman–Crippen LogP) is 1.01. The molecule has 120 valence electrons. The van der Waals surface area contributed by atoms with Gasteiger partial charge in [-0.2, -0.15) is 5.48 Å². The van der Waals surface area contributed by atoms with E-state index in [9.17, 15) is 14.8 Å². The maximum absolute atomic E-state index is 12.2. The van der Waals surface area contributed by atoms with Crippen LogP contribution in [0.5, 0.6) is 0 Å². The molecular weight excluding hydrogens is 298 g/mol. The Morgan fingerprint density at radius 3 is 1.96 bits per heavy atom. The first-order chi connectivity index (χ1) is 11.2. The Bertz CT molecular complexity index is 649. The van der Waals surface area contributed by atoms with Crippen molar-refractivity contribution in [2.45, 2.75) is 12.1 Å². The van der Waals surface area contributed by atoms with Gasteiger partial charge in [-0.15, -0.1) is 0 Å². The molecule has 0 heterocycles. The van der Waals surface area contributed by atoms with Crippen molar-refractivity contribution < 1.29 is 20.0 Å². The summed E-state index contributed by atoms with van der Waals surface area (Å²) in [5, 5.41) is 20.8. The van der Waals surface area contributed by atoms with Crippen LogP contribution in [-0.4, -0.2) is 28.3 Å². The topological polar surface area (TPSA) is 111 Å². The summed E-state index contributed by atoms with van der Waals surface area (Å²) in [5.41, 5.74) is 4.43. The highest BCUT2D eigenvalue weighted by Crippen LogP contribution is 2.17. The van der Waals surface area contributed by atoms with Crippen LogP contribution in [0.25, 0.3) is 0 Å². The van der Waals surface area contributed by atoms with E-state index in [1.807, 2.05) is 5.48 Å². The number of carbonyl (C=O) groups is 2. The van der Waals surface area contributed by atoms with Crippen LogP contribution in [0.15, 0.2) is 60.7 Å². The Balaban J connectivity index is 2.26. The molecule has 0 bridgehead atoms. The summed E-state index contributed by atoms with van der Waals surface area (Å²) in [7, 11) is 0. The number of rotatable bonds is 6. The fourth-order valence-electron chi connectivity index (χ4n) is 2.19. The maximum atomic E-state index is 12.2. The van der Waals surface area contributed by atoms with Gasteiger partial charge in [-0.1, -0.05) is 48.5 Å². The number of hydrogen-bond donors (Lipinski definition) is 5. The van der Waals surface area contributed by atoms with Gasteiger partial charge in [0.2, 0.25) is 0 Å². The van der Waals surface area contributed by atoms with Gasteiger partial charge in [-0.25, -0.2) is 5.48 Å². The second-order valence-electron chi connectivity index (χ2n) is 4.81. The molecule has 0 radical (unpaired) electrons. The highest BCUT2D eigenvalue weighted by atomic mass is 16.5. The third kappa shape index (κ3) is 4.13. The molecule has 0 aliphatic rings. The zero-order valence-electron chi connectivity index (χ0n) is 12.1. The number of hydrogen-bond acceptors (Lipinski definition) is 5. The maximum Gasteiger partial charge on any atom is 0.267 e. The summed E-state index contributed by atoms with van der Waals surface area (Å²) >= 11 is 0. The lowest BCUT2D eigenvalue weighted by atomic mass is 9.99. The Labute approximate surface area is 132 Å². The number of amides is 2. The highest BCUT2D eigenvalue weighted by Gasteiger charge is 2.31. The lowest BCUT2D eigenvalue weighted by Gasteiger charge is -2.25. The number of nitrogens with one attached hydrogen (secondary N) is 3. The minimum Gasteiger partial charge on any atom is -0.338 e. The SMILES string of the molecule is O=C(NC(C(=O)NO)C(NO)c1ccccc1)c1ccccc1. The van der Waals surface area contributed by atoms with Crippen molar-refractivity contribution in [3.05, 3.63) is 71.8 Å². The van der Waals surface area contributed by atoms with Gasteiger partial charge in [-0.05, 0) is 17.7 Å². The molecular formula is C16H17N3O4. The first-order valence-electron chi connectivity index (χ1n) is 6.91. The van der Waals surface area contributed by atoms with Crippen LogP contribution in [0, 0.1) is 0 Å². The monoisotopic (exact) mass is 315 g/mol. The largest absolute Gasteiger partial charge is 0.338 e. The Hall–Kier alpha value is -2.74. The molecule has 0 spiro atoms. The molecule has 2 aromatic carbocycles. The first-order valence-corrected chi connectivity index (χ1v) is 6.91. The molecule has 0 saturated heterocycles. The third-order valence-electron chi connectivity index (χ3n) is 3.35. The van der Waals surface area contributed by atoms with Crippen LogP contribution >= 0.6 is 0 Å². The van der Waals surface area contributed by atoms with Gasteiger partial charge in [0, 0.05) is 5.56 Å². The molecule has 0 aromatic heterocycles. The number of benzene rings is 2. The molecule has 0 fully saturated rings. The number of carbonyl (C=O) groups excluding carboxylic acids is 2. The van der Waals surface area contributed by atoms with Gasteiger partial charge in [-0.3, -0.25) is 14.8 Å². The lowest BCUT2D eigenvalue weighted by molar-refractivity contribution is -0.132. The fourth-order valence-corrected chi connectivity index (χ4v) is 2.19. The van der Waals surface area contributed by atoms with E-state index in [1.165, 1.54) is 5.48 Å². The Kier molecular flexibility index (Phi) is 5.81. The molecule has 2 amide bonds. The summed E-state index contributed by atoms with van der Waals surface area (Å²) in [5.74, 6) is -1.36. The van der Waals surface area contributed by atoms with Crippen molar-refractivity contribution in [2.24, 2.45) is 0 Å². The summed E-state index contributed by atoms with van der Waals surface area (Å²) in [6, 6.07) is 14.8. The fraction of sp³-hybridized carbons (Fsp3) is 0.125. The van der Waals surface area contributed by atoms with E-state index in [-0.39, 0.29) is 0 Å². The first kappa shape index (κ1) is 16.6. The second kappa shape index (κ2) is 8.04.